The predicted octanol–water partition coefficient (Wildman–Crippen LogP) is 5.41. The zero-order valence-electron chi connectivity index (χ0n) is 15.6. The number of ether oxygens (including phenoxy) is 2. The van der Waals surface area contributed by atoms with Gasteiger partial charge in [0.2, 0.25) is 5.76 Å². The van der Waals surface area contributed by atoms with E-state index in [-0.39, 0.29) is 22.8 Å². The van der Waals surface area contributed by atoms with Gasteiger partial charge in [0.25, 0.3) is 0 Å². The van der Waals surface area contributed by atoms with Crippen molar-refractivity contribution in [3.05, 3.63) is 102 Å². The molecule has 6 heteroatoms. The van der Waals surface area contributed by atoms with Crippen molar-refractivity contribution in [1.29, 1.82) is 0 Å². The van der Waals surface area contributed by atoms with Crippen molar-refractivity contribution in [3.63, 3.8) is 0 Å². The highest BCUT2D eigenvalue weighted by Gasteiger charge is 2.16. The van der Waals surface area contributed by atoms with Gasteiger partial charge in [0.1, 0.15) is 17.3 Å². The number of hydrogen-bond donors (Lipinski definition) is 0. The summed E-state index contributed by atoms with van der Waals surface area (Å²) < 4.78 is 29.7. The summed E-state index contributed by atoms with van der Waals surface area (Å²) in [4.78, 5) is 24.6. The van der Waals surface area contributed by atoms with E-state index in [0.717, 1.165) is 6.08 Å². The Kier molecular flexibility index (Phi) is 5.39. The van der Waals surface area contributed by atoms with Crippen molar-refractivity contribution in [1.82, 2.24) is 0 Å². The predicted molar refractivity (Wildman–Crippen MR) is 109 cm³/mol. The molecule has 1 aromatic heterocycles. The molecule has 5 nitrogen and oxygen atoms in total. The molecule has 0 atom stereocenters. The summed E-state index contributed by atoms with van der Waals surface area (Å²) in [5, 5.41) is 1.16. The molecule has 1 heterocycles. The van der Waals surface area contributed by atoms with E-state index in [0.29, 0.717) is 10.8 Å². The van der Waals surface area contributed by atoms with Gasteiger partial charge in [-0.3, -0.25) is 0 Å². The SMILES string of the molecule is O=C(/C=C/c1ccccc1F)Oc1cccc2cccc(OC(=O)c3ccco3)c12. The minimum absolute atomic E-state index is 0.0503. The van der Waals surface area contributed by atoms with Crippen LogP contribution in [0, 0.1) is 5.82 Å². The third kappa shape index (κ3) is 4.12. The molecule has 0 aliphatic rings. The molecule has 4 rings (SSSR count). The fourth-order valence-electron chi connectivity index (χ4n) is 2.90. The van der Waals surface area contributed by atoms with Crippen LogP contribution in [0.5, 0.6) is 11.5 Å². The second-order valence-corrected chi connectivity index (χ2v) is 6.25. The molecule has 3 aromatic carbocycles. The van der Waals surface area contributed by atoms with E-state index in [4.69, 9.17) is 13.9 Å². The van der Waals surface area contributed by atoms with Gasteiger partial charge in [0.05, 0.1) is 11.6 Å². The number of furan rings is 1. The minimum atomic E-state index is -0.696. The zero-order chi connectivity index (χ0) is 20.9. The maximum absolute atomic E-state index is 13.7. The number of rotatable bonds is 5. The number of hydrogen-bond acceptors (Lipinski definition) is 5. The van der Waals surface area contributed by atoms with E-state index in [1.165, 1.54) is 24.5 Å². The first-order valence-electron chi connectivity index (χ1n) is 9.03. The van der Waals surface area contributed by atoms with Crippen molar-refractivity contribution >= 4 is 28.8 Å². The smallest absolute Gasteiger partial charge is 0.379 e. The van der Waals surface area contributed by atoms with Gasteiger partial charge in [-0.1, -0.05) is 42.5 Å². The first-order chi connectivity index (χ1) is 14.6. The molecule has 0 aliphatic heterocycles. The molecule has 30 heavy (non-hydrogen) atoms. The van der Waals surface area contributed by atoms with Crippen LogP contribution in [-0.2, 0) is 4.79 Å². The standard InChI is InChI=1S/C24H15FO5/c25-18-9-2-1-6-16(18)13-14-22(26)29-19-10-3-7-17-8-4-11-20(23(17)19)30-24(27)21-12-5-15-28-21/h1-15H/b14-13+. The maximum Gasteiger partial charge on any atom is 0.379 e. The lowest BCUT2D eigenvalue weighted by atomic mass is 10.1. The Bertz CT molecular complexity index is 1240. The van der Waals surface area contributed by atoms with Gasteiger partial charge in [-0.2, -0.15) is 0 Å². The third-order valence-corrected chi connectivity index (χ3v) is 4.27. The quantitative estimate of drug-likeness (QED) is 0.254. The molecular formula is C24H15FO5. The van der Waals surface area contributed by atoms with Crippen LogP contribution >= 0.6 is 0 Å². The van der Waals surface area contributed by atoms with Gasteiger partial charge in [-0.05, 0) is 41.8 Å². The molecule has 0 radical (unpaired) electrons. The van der Waals surface area contributed by atoms with Crippen LogP contribution in [0.25, 0.3) is 16.8 Å². The van der Waals surface area contributed by atoms with Crippen molar-refractivity contribution in [2.75, 3.05) is 0 Å². The Hall–Kier alpha value is -4.19. The van der Waals surface area contributed by atoms with Crippen LogP contribution in [-0.4, -0.2) is 11.9 Å². The summed E-state index contributed by atoms with van der Waals surface area (Å²) in [6, 6.07) is 19.3. The number of benzene rings is 3. The molecule has 148 valence electrons. The van der Waals surface area contributed by atoms with Gasteiger partial charge in [0.15, 0.2) is 0 Å². The van der Waals surface area contributed by atoms with Gasteiger partial charge in [-0.15, -0.1) is 0 Å². The molecule has 0 aliphatic carbocycles. The van der Waals surface area contributed by atoms with Crippen LogP contribution in [0.3, 0.4) is 0 Å². The zero-order valence-corrected chi connectivity index (χ0v) is 15.6. The molecule has 0 bridgehead atoms. The van der Waals surface area contributed by atoms with Crippen molar-refractivity contribution in [3.8, 4) is 11.5 Å². The number of carbonyl (C=O) groups is 2. The first-order valence-corrected chi connectivity index (χ1v) is 9.03. The molecule has 0 N–H and O–H groups in total. The highest BCUT2D eigenvalue weighted by Crippen LogP contribution is 2.34. The molecule has 0 saturated heterocycles. The number of halogens is 1. The summed E-state index contributed by atoms with van der Waals surface area (Å²) in [6.07, 6.45) is 3.84. The summed E-state index contributed by atoms with van der Waals surface area (Å²) in [7, 11) is 0. The number of carbonyl (C=O) groups excluding carboxylic acids is 2. The van der Waals surface area contributed by atoms with E-state index >= 15 is 0 Å². The Labute approximate surface area is 171 Å². The molecule has 0 spiro atoms. The highest BCUT2D eigenvalue weighted by molar-refractivity contribution is 5.99. The second kappa shape index (κ2) is 8.45. The van der Waals surface area contributed by atoms with E-state index in [1.807, 2.05) is 0 Å². The van der Waals surface area contributed by atoms with Crippen LogP contribution in [0.4, 0.5) is 4.39 Å². The van der Waals surface area contributed by atoms with E-state index in [9.17, 15) is 14.0 Å². The Morgan fingerprint density at radius 3 is 2.27 bits per heavy atom. The second-order valence-electron chi connectivity index (χ2n) is 6.25. The summed E-state index contributed by atoms with van der Waals surface area (Å²) in [5.41, 5.74) is 0.264. The monoisotopic (exact) mass is 402 g/mol. The summed E-state index contributed by atoms with van der Waals surface area (Å²) >= 11 is 0. The van der Waals surface area contributed by atoms with E-state index in [2.05, 4.69) is 0 Å². The lowest BCUT2D eigenvalue weighted by molar-refractivity contribution is -0.128. The first kappa shape index (κ1) is 19.1. The molecule has 0 unspecified atom stereocenters. The lowest BCUT2D eigenvalue weighted by Crippen LogP contribution is -2.09. The third-order valence-electron chi connectivity index (χ3n) is 4.27. The maximum atomic E-state index is 13.7. The van der Waals surface area contributed by atoms with Crippen molar-refractivity contribution in [2.45, 2.75) is 0 Å². The average molecular weight is 402 g/mol. The van der Waals surface area contributed by atoms with Crippen LogP contribution in [0.15, 0.2) is 89.6 Å². The number of esters is 2. The van der Waals surface area contributed by atoms with Gasteiger partial charge >= 0.3 is 11.9 Å². The average Bonchev–Trinajstić information content (AvgIpc) is 3.29. The van der Waals surface area contributed by atoms with Crippen LogP contribution in [0.2, 0.25) is 0 Å². The molecule has 0 fully saturated rings. The van der Waals surface area contributed by atoms with Crippen molar-refractivity contribution in [2.24, 2.45) is 0 Å². The van der Waals surface area contributed by atoms with Gasteiger partial charge in [-0.25, -0.2) is 14.0 Å². The van der Waals surface area contributed by atoms with Gasteiger partial charge < -0.3 is 13.9 Å². The normalized spacial score (nSPS) is 11.0. The molecule has 0 saturated carbocycles. The van der Waals surface area contributed by atoms with Crippen LogP contribution in [0.1, 0.15) is 16.1 Å². The Morgan fingerprint density at radius 2 is 1.57 bits per heavy atom. The fourth-order valence-corrected chi connectivity index (χ4v) is 2.90. The van der Waals surface area contributed by atoms with E-state index in [1.54, 1.807) is 60.7 Å². The number of fused-ring (bicyclic) bond motifs is 1. The lowest BCUT2D eigenvalue weighted by Gasteiger charge is -2.11. The summed E-state index contributed by atoms with van der Waals surface area (Å²) in [6.45, 7) is 0. The van der Waals surface area contributed by atoms with E-state index < -0.39 is 17.8 Å². The fraction of sp³-hybridized carbons (Fsp3) is 0. The Balaban J connectivity index is 1.62. The minimum Gasteiger partial charge on any atom is -0.457 e. The topological polar surface area (TPSA) is 65.7 Å². The highest BCUT2D eigenvalue weighted by atomic mass is 19.1. The summed E-state index contributed by atoms with van der Waals surface area (Å²) in [5.74, 6) is -1.34. The van der Waals surface area contributed by atoms with Crippen LogP contribution < -0.4 is 9.47 Å². The Morgan fingerprint density at radius 1 is 0.833 bits per heavy atom. The van der Waals surface area contributed by atoms with Gasteiger partial charge in [0, 0.05) is 11.6 Å². The molecule has 0 amide bonds. The molecular weight excluding hydrogens is 387 g/mol. The molecule has 4 aromatic rings. The largest absolute Gasteiger partial charge is 0.457 e. The van der Waals surface area contributed by atoms with Crippen molar-refractivity contribution < 1.29 is 27.9 Å².